The lowest BCUT2D eigenvalue weighted by Gasteiger charge is -2.26. The van der Waals surface area contributed by atoms with E-state index in [-0.39, 0.29) is 24.5 Å². The third-order valence-electron chi connectivity index (χ3n) is 4.44. The normalized spacial score (nSPS) is 17.8. The van der Waals surface area contributed by atoms with E-state index in [0.717, 1.165) is 5.56 Å². The minimum atomic E-state index is -0.275. The van der Waals surface area contributed by atoms with Crippen molar-refractivity contribution in [3.05, 3.63) is 66.2 Å². The van der Waals surface area contributed by atoms with Crippen LogP contribution in [0.3, 0.4) is 0 Å². The highest BCUT2D eigenvalue weighted by Gasteiger charge is 2.32. The van der Waals surface area contributed by atoms with E-state index in [4.69, 9.17) is 9.47 Å². The van der Waals surface area contributed by atoms with Gasteiger partial charge in [0.2, 0.25) is 5.91 Å². The smallest absolute Gasteiger partial charge is 0.259 e. The van der Waals surface area contributed by atoms with Crippen molar-refractivity contribution < 1.29 is 19.1 Å². The molecule has 2 aliphatic rings. The number of amides is 2. The zero-order valence-corrected chi connectivity index (χ0v) is 14.1. The molecule has 2 amide bonds. The van der Waals surface area contributed by atoms with Crippen LogP contribution in [0.4, 0.5) is 0 Å². The second-order valence-corrected chi connectivity index (χ2v) is 6.19. The monoisotopic (exact) mass is 350 g/mol. The highest BCUT2D eigenvalue weighted by molar-refractivity contribution is 6.10. The number of fused-ring (bicyclic) bond motifs is 2. The minimum absolute atomic E-state index is 0.0729. The summed E-state index contributed by atoms with van der Waals surface area (Å²) in [5, 5.41) is 2.80. The lowest BCUT2D eigenvalue weighted by Crippen LogP contribution is -2.44. The predicted molar refractivity (Wildman–Crippen MR) is 95.9 cm³/mol. The van der Waals surface area contributed by atoms with Crippen molar-refractivity contribution in [3.8, 4) is 11.5 Å². The Morgan fingerprint density at radius 2 is 1.81 bits per heavy atom. The van der Waals surface area contributed by atoms with Crippen LogP contribution in [0.15, 0.2) is 55.1 Å². The van der Waals surface area contributed by atoms with E-state index in [2.05, 4.69) is 11.9 Å². The Kier molecular flexibility index (Phi) is 4.08. The minimum Gasteiger partial charge on any atom is -0.486 e. The quantitative estimate of drug-likeness (QED) is 0.917. The number of benzene rings is 2. The van der Waals surface area contributed by atoms with Crippen LogP contribution < -0.4 is 14.8 Å². The van der Waals surface area contributed by atoms with Crippen LogP contribution in [0.2, 0.25) is 0 Å². The molecule has 2 aromatic carbocycles. The van der Waals surface area contributed by atoms with E-state index < -0.39 is 0 Å². The summed E-state index contributed by atoms with van der Waals surface area (Å²) in [7, 11) is 0. The number of hydrogen-bond donors (Lipinski definition) is 1. The molecular formula is C20H18N2O4. The molecule has 26 heavy (non-hydrogen) atoms. The van der Waals surface area contributed by atoms with Gasteiger partial charge in [-0.3, -0.25) is 14.5 Å². The summed E-state index contributed by atoms with van der Waals surface area (Å²) in [6.45, 7) is 4.52. The van der Waals surface area contributed by atoms with Crippen molar-refractivity contribution >= 4 is 17.5 Å². The van der Waals surface area contributed by atoms with Gasteiger partial charge in [-0.2, -0.15) is 0 Å². The molecule has 0 saturated carbocycles. The molecule has 0 aromatic heterocycles. The van der Waals surface area contributed by atoms with Crippen LogP contribution in [0.1, 0.15) is 15.9 Å². The summed E-state index contributed by atoms with van der Waals surface area (Å²) >= 11 is 0. The van der Waals surface area contributed by atoms with E-state index in [1.807, 2.05) is 36.4 Å². The van der Waals surface area contributed by atoms with Gasteiger partial charge in [-0.1, -0.05) is 36.9 Å². The Labute approximate surface area is 151 Å². The van der Waals surface area contributed by atoms with Gasteiger partial charge in [-0.05, 0) is 18.2 Å². The van der Waals surface area contributed by atoms with E-state index in [0.29, 0.717) is 35.9 Å². The molecule has 1 atom stereocenters. The average Bonchev–Trinajstić information content (AvgIpc) is 2.91. The Morgan fingerprint density at radius 3 is 2.58 bits per heavy atom. The van der Waals surface area contributed by atoms with E-state index in [9.17, 15) is 9.59 Å². The standard InChI is InChI=1S/C20H18N2O4/c1-13-15-6-2-3-7-16(15)20(24)22(13)11-19(23)21-10-14-12-25-17-8-4-5-9-18(17)26-14/h2-9,14H,1,10-12H2,(H,21,23). The summed E-state index contributed by atoms with van der Waals surface area (Å²) in [4.78, 5) is 26.1. The average molecular weight is 350 g/mol. The third-order valence-corrected chi connectivity index (χ3v) is 4.44. The topological polar surface area (TPSA) is 67.9 Å². The molecule has 1 N–H and O–H groups in total. The molecular weight excluding hydrogens is 332 g/mol. The maximum atomic E-state index is 12.4. The van der Waals surface area contributed by atoms with Crippen molar-refractivity contribution in [2.24, 2.45) is 0 Å². The van der Waals surface area contributed by atoms with E-state index in [1.54, 1.807) is 12.1 Å². The maximum Gasteiger partial charge on any atom is 0.259 e. The zero-order valence-electron chi connectivity index (χ0n) is 14.1. The molecule has 1 unspecified atom stereocenters. The highest BCUT2D eigenvalue weighted by atomic mass is 16.6. The van der Waals surface area contributed by atoms with Crippen molar-refractivity contribution in [3.63, 3.8) is 0 Å². The van der Waals surface area contributed by atoms with Crippen LogP contribution in [0, 0.1) is 0 Å². The molecule has 6 nitrogen and oxygen atoms in total. The van der Waals surface area contributed by atoms with Crippen molar-refractivity contribution in [2.45, 2.75) is 6.10 Å². The maximum absolute atomic E-state index is 12.4. The van der Waals surface area contributed by atoms with E-state index in [1.165, 1.54) is 4.90 Å². The fraction of sp³-hybridized carbons (Fsp3) is 0.200. The summed E-state index contributed by atoms with van der Waals surface area (Å²) in [5.74, 6) is 0.894. The zero-order chi connectivity index (χ0) is 18.1. The number of para-hydroxylation sites is 2. The van der Waals surface area contributed by atoms with Crippen LogP contribution in [-0.4, -0.2) is 42.5 Å². The van der Waals surface area contributed by atoms with Crippen molar-refractivity contribution in [1.29, 1.82) is 0 Å². The van der Waals surface area contributed by atoms with Crippen LogP contribution in [0.25, 0.3) is 5.70 Å². The first-order valence-electron chi connectivity index (χ1n) is 8.39. The molecule has 0 fully saturated rings. The molecule has 2 aliphatic heterocycles. The molecule has 0 saturated heterocycles. The number of nitrogens with zero attached hydrogens (tertiary/aromatic N) is 1. The first kappa shape index (κ1) is 16.2. The Bertz CT molecular complexity index is 858. The Balaban J connectivity index is 1.33. The van der Waals surface area contributed by atoms with Crippen molar-refractivity contribution in [2.75, 3.05) is 19.7 Å². The van der Waals surface area contributed by atoms with Gasteiger partial charge in [0.1, 0.15) is 19.3 Å². The van der Waals surface area contributed by atoms with Gasteiger partial charge in [0.15, 0.2) is 11.5 Å². The lowest BCUT2D eigenvalue weighted by atomic mass is 10.1. The lowest BCUT2D eigenvalue weighted by molar-refractivity contribution is -0.121. The van der Waals surface area contributed by atoms with Gasteiger partial charge < -0.3 is 14.8 Å². The van der Waals surface area contributed by atoms with Gasteiger partial charge in [0, 0.05) is 16.8 Å². The number of rotatable bonds is 4. The number of carbonyl (C=O) groups excluding carboxylic acids is 2. The first-order valence-corrected chi connectivity index (χ1v) is 8.39. The van der Waals surface area contributed by atoms with Gasteiger partial charge in [0.25, 0.3) is 5.91 Å². The fourth-order valence-corrected chi connectivity index (χ4v) is 3.09. The summed E-state index contributed by atoms with van der Waals surface area (Å²) in [6, 6.07) is 14.6. The van der Waals surface area contributed by atoms with Crippen molar-refractivity contribution in [1.82, 2.24) is 10.2 Å². The fourth-order valence-electron chi connectivity index (χ4n) is 3.09. The van der Waals surface area contributed by atoms with Crippen LogP contribution >= 0.6 is 0 Å². The van der Waals surface area contributed by atoms with Gasteiger partial charge in [-0.25, -0.2) is 0 Å². The van der Waals surface area contributed by atoms with Crippen LogP contribution in [0.5, 0.6) is 11.5 Å². The SMILES string of the molecule is C=C1c2ccccc2C(=O)N1CC(=O)NCC1COc2ccccc2O1. The second kappa shape index (κ2) is 6.55. The molecule has 2 heterocycles. The number of carbonyl (C=O) groups is 2. The summed E-state index contributed by atoms with van der Waals surface area (Å²) in [6.07, 6.45) is -0.275. The summed E-state index contributed by atoms with van der Waals surface area (Å²) in [5.41, 5.74) is 1.89. The molecule has 0 bridgehead atoms. The third kappa shape index (κ3) is 2.90. The number of hydrogen-bond acceptors (Lipinski definition) is 4. The molecule has 2 aromatic rings. The molecule has 4 rings (SSSR count). The van der Waals surface area contributed by atoms with E-state index >= 15 is 0 Å². The molecule has 132 valence electrons. The first-order chi connectivity index (χ1) is 12.6. The summed E-state index contributed by atoms with van der Waals surface area (Å²) < 4.78 is 11.4. The molecule has 6 heteroatoms. The van der Waals surface area contributed by atoms with Gasteiger partial charge >= 0.3 is 0 Å². The second-order valence-electron chi connectivity index (χ2n) is 6.19. The number of ether oxygens (including phenoxy) is 2. The largest absolute Gasteiger partial charge is 0.486 e. The van der Waals surface area contributed by atoms with Gasteiger partial charge in [0.05, 0.1) is 6.54 Å². The molecule has 0 aliphatic carbocycles. The Morgan fingerprint density at radius 1 is 1.12 bits per heavy atom. The number of nitrogens with one attached hydrogen (secondary N) is 1. The molecule has 0 spiro atoms. The Hall–Kier alpha value is -3.28. The van der Waals surface area contributed by atoms with Crippen LogP contribution in [-0.2, 0) is 4.79 Å². The predicted octanol–water partition coefficient (Wildman–Crippen LogP) is 2.07. The van der Waals surface area contributed by atoms with Gasteiger partial charge in [-0.15, -0.1) is 0 Å². The molecule has 0 radical (unpaired) electrons. The highest BCUT2D eigenvalue weighted by Crippen LogP contribution is 2.31.